The number of alkyl halides is 1. The molecule has 7 heteroatoms. The summed E-state index contributed by atoms with van der Waals surface area (Å²) in [5.41, 5.74) is 5.27. The molecule has 0 aliphatic carbocycles. The van der Waals surface area contributed by atoms with Crippen LogP contribution in [-0.2, 0) is 17.6 Å². The second-order valence-corrected chi connectivity index (χ2v) is 7.61. The van der Waals surface area contributed by atoms with E-state index >= 15 is 0 Å². The van der Waals surface area contributed by atoms with Gasteiger partial charge < -0.3 is 5.32 Å². The van der Waals surface area contributed by atoms with Crippen molar-refractivity contribution in [3.63, 3.8) is 0 Å². The number of hydrogen-bond acceptors (Lipinski definition) is 4. The van der Waals surface area contributed by atoms with Crippen LogP contribution in [-0.4, -0.2) is 38.1 Å². The quantitative estimate of drug-likeness (QED) is 0.573. The number of nitrogens with zero attached hydrogens (tertiary/aromatic N) is 4. The van der Waals surface area contributed by atoms with Crippen molar-refractivity contribution in [1.29, 1.82) is 0 Å². The molecule has 0 aliphatic rings. The first-order valence-corrected chi connectivity index (χ1v) is 10.3. The maximum absolute atomic E-state index is 11.2. The molecule has 3 rings (SSSR count). The largest absolute Gasteiger partial charge is 0.355 e. The summed E-state index contributed by atoms with van der Waals surface area (Å²) in [4.78, 5) is 20.5. The number of benzene rings is 1. The number of nitrogens with one attached hydrogen (secondary N) is 1. The van der Waals surface area contributed by atoms with Crippen LogP contribution < -0.4 is 5.32 Å². The van der Waals surface area contributed by atoms with Gasteiger partial charge in [-0.25, -0.2) is 9.97 Å². The highest BCUT2D eigenvalue weighted by Gasteiger charge is 2.11. The molecule has 0 bridgehead atoms. The summed E-state index contributed by atoms with van der Waals surface area (Å²) in [7, 11) is 0. The van der Waals surface area contributed by atoms with Gasteiger partial charge in [-0.3, -0.25) is 9.48 Å². The smallest absolute Gasteiger partial charge is 0.234 e. The maximum atomic E-state index is 11.2. The predicted octanol–water partition coefficient (Wildman–Crippen LogP) is 3.72. The van der Waals surface area contributed by atoms with Gasteiger partial charge in [0.05, 0.1) is 11.9 Å². The lowest BCUT2D eigenvalue weighted by Crippen LogP contribution is -2.26. The lowest BCUT2D eigenvalue weighted by Gasteiger charge is -2.08. The van der Waals surface area contributed by atoms with Crippen LogP contribution in [0.2, 0.25) is 0 Å². The molecule has 0 fully saturated rings. The van der Waals surface area contributed by atoms with Crippen LogP contribution in [0.4, 0.5) is 0 Å². The fourth-order valence-corrected chi connectivity index (χ4v) is 3.09. The van der Waals surface area contributed by atoms with Gasteiger partial charge in [0.1, 0.15) is 11.7 Å². The van der Waals surface area contributed by atoms with Gasteiger partial charge in [0.2, 0.25) is 5.91 Å². The zero-order valence-corrected chi connectivity index (χ0v) is 17.8. The van der Waals surface area contributed by atoms with Crippen LogP contribution in [0.5, 0.6) is 0 Å². The number of carbonyl (C=O) groups is 1. The zero-order valence-electron chi connectivity index (χ0n) is 17.0. The van der Waals surface area contributed by atoms with Crippen molar-refractivity contribution >= 4 is 17.5 Å². The summed E-state index contributed by atoms with van der Waals surface area (Å²) < 4.78 is 1.94. The number of aryl methyl sites for hydroxylation is 1. The summed E-state index contributed by atoms with van der Waals surface area (Å²) in [6.45, 7) is 6.80. The minimum absolute atomic E-state index is 0.00423. The number of carbonyl (C=O) groups excluding carboxylic acids is 1. The van der Waals surface area contributed by atoms with E-state index in [1.807, 2.05) is 30.2 Å². The van der Waals surface area contributed by atoms with Gasteiger partial charge in [-0.2, -0.15) is 5.10 Å². The molecule has 0 saturated carbocycles. The Balaban J connectivity index is 1.68. The summed E-state index contributed by atoms with van der Waals surface area (Å²) >= 11 is 5.48. The topological polar surface area (TPSA) is 72.7 Å². The summed E-state index contributed by atoms with van der Waals surface area (Å²) in [6.07, 6.45) is 7.19. The third-order valence-corrected chi connectivity index (χ3v) is 4.91. The zero-order chi connectivity index (χ0) is 20.8. The van der Waals surface area contributed by atoms with E-state index in [2.05, 4.69) is 53.5 Å². The molecule has 1 N–H and O–H groups in total. The average molecular weight is 412 g/mol. The minimum Gasteiger partial charge on any atom is -0.355 e. The molecule has 0 radical (unpaired) electrons. The Hall–Kier alpha value is -2.73. The monoisotopic (exact) mass is 411 g/mol. The Kier molecular flexibility index (Phi) is 6.99. The predicted molar refractivity (Wildman–Crippen MR) is 115 cm³/mol. The van der Waals surface area contributed by atoms with Gasteiger partial charge in [-0.15, -0.1) is 11.6 Å². The molecule has 0 atom stereocenters. The second-order valence-electron chi connectivity index (χ2n) is 7.35. The standard InChI is InChI=1S/C22H26ClN5O/c1-15(2)28-14-19(13-26-28)22-16(3)12-25-20(27-22)10-18-6-4-17(5-7-18)8-9-24-21(29)11-23/h4-7,12-15H,8-11H2,1-3H3,(H,24,29). The van der Waals surface area contributed by atoms with Crippen LogP contribution in [0.3, 0.4) is 0 Å². The first-order chi connectivity index (χ1) is 14.0. The van der Waals surface area contributed by atoms with Crippen molar-refractivity contribution in [3.05, 3.63) is 65.4 Å². The number of rotatable bonds is 8. The second kappa shape index (κ2) is 9.65. The Bertz CT molecular complexity index is 966. The fraction of sp³-hybridized carbons (Fsp3) is 0.364. The van der Waals surface area contributed by atoms with E-state index in [4.69, 9.17) is 16.6 Å². The number of halogens is 1. The molecule has 0 unspecified atom stereocenters. The van der Waals surface area contributed by atoms with Crippen LogP contribution in [0.15, 0.2) is 42.9 Å². The molecule has 0 aliphatic heterocycles. The summed E-state index contributed by atoms with van der Waals surface area (Å²) in [5.74, 6) is 0.634. The van der Waals surface area contributed by atoms with Crippen LogP contribution in [0, 0.1) is 6.92 Å². The number of aromatic nitrogens is 4. The Morgan fingerprint density at radius 1 is 1.17 bits per heavy atom. The fourth-order valence-electron chi connectivity index (χ4n) is 3.00. The van der Waals surface area contributed by atoms with Gasteiger partial charge >= 0.3 is 0 Å². The minimum atomic E-state index is -0.144. The molecule has 1 amide bonds. The van der Waals surface area contributed by atoms with Crippen molar-refractivity contribution in [2.45, 2.75) is 39.7 Å². The van der Waals surface area contributed by atoms with Crippen LogP contribution in [0.25, 0.3) is 11.3 Å². The Labute approximate surface area is 176 Å². The van der Waals surface area contributed by atoms with Crippen molar-refractivity contribution in [3.8, 4) is 11.3 Å². The Morgan fingerprint density at radius 2 is 1.90 bits per heavy atom. The third kappa shape index (κ3) is 5.64. The highest BCUT2D eigenvalue weighted by molar-refractivity contribution is 6.27. The van der Waals surface area contributed by atoms with E-state index in [-0.39, 0.29) is 11.8 Å². The van der Waals surface area contributed by atoms with E-state index in [0.717, 1.165) is 40.2 Å². The van der Waals surface area contributed by atoms with E-state index in [1.165, 1.54) is 0 Å². The van der Waals surface area contributed by atoms with Gasteiger partial charge in [0.25, 0.3) is 0 Å². The first kappa shape index (κ1) is 21.0. The lowest BCUT2D eigenvalue weighted by molar-refractivity contribution is -0.118. The Morgan fingerprint density at radius 3 is 2.55 bits per heavy atom. The van der Waals surface area contributed by atoms with E-state index in [1.54, 1.807) is 0 Å². The molecule has 2 heterocycles. The van der Waals surface area contributed by atoms with Gasteiger partial charge in [0, 0.05) is 37.0 Å². The molecular formula is C22H26ClN5O. The average Bonchev–Trinajstić information content (AvgIpc) is 3.21. The highest BCUT2D eigenvalue weighted by atomic mass is 35.5. The van der Waals surface area contributed by atoms with Gasteiger partial charge in [-0.1, -0.05) is 24.3 Å². The van der Waals surface area contributed by atoms with Crippen LogP contribution >= 0.6 is 11.6 Å². The van der Waals surface area contributed by atoms with E-state index < -0.39 is 0 Å². The molecule has 1 aromatic carbocycles. The third-order valence-electron chi connectivity index (χ3n) is 4.67. The molecular weight excluding hydrogens is 386 g/mol. The van der Waals surface area contributed by atoms with Crippen molar-refractivity contribution in [2.24, 2.45) is 0 Å². The van der Waals surface area contributed by atoms with Crippen molar-refractivity contribution in [2.75, 3.05) is 12.4 Å². The molecule has 0 saturated heterocycles. The first-order valence-electron chi connectivity index (χ1n) is 9.73. The summed E-state index contributed by atoms with van der Waals surface area (Å²) in [5, 5.41) is 7.19. The molecule has 3 aromatic rings. The molecule has 6 nitrogen and oxygen atoms in total. The highest BCUT2D eigenvalue weighted by Crippen LogP contribution is 2.22. The molecule has 29 heavy (non-hydrogen) atoms. The normalized spacial score (nSPS) is 11.1. The van der Waals surface area contributed by atoms with Crippen LogP contribution in [0.1, 0.15) is 42.4 Å². The van der Waals surface area contributed by atoms with Gasteiger partial charge in [0.15, 0.2) is 0 Å². The molecule has 0 spiro atoms. The SMILES string of the molecule is Cc1cnc(Cc2ccc(CCNC(=O)CCl)cc2)nc1-c1cnn(C(C)C)c1. The van der Waals surface area contributed by atoms with Crippen molar-refractivity contribution < 1.29 is 4.79 Å². The summed E-state index contributed by atoms with van der Waals surface area (Å²) in [6, 6.07) is 8.62. The van der Waals surface area contributed by atoms with E-state index in [0.29, 0.717) is 19.0 Å². The van der Waals surface area contributed by atoms with E-state index in [9.17, 15) is 4.79 Å². The number of amides is 1. The number of hydrogen-bond donors (Lipinski definition) is 1. The van der Waals surface area contributed by atoms with Gasteiger partial charge in [-0.05, 0) is 43.9 Å². The maximum Gasteiger partial charge on any atom is 0.234 e. The van der Waals surface area contributed by atoms with Crippen molar-refractivity contribution in [1.82, 2.24) is 25.1 Å². The molecule has 2 aromatic heterocycles. The molecule has 152 valence electrons. The lowest BCUT2D eigenvalue weighted by atomic mass is 10.1.